The largest absolute Gasteiger partial charge is 0.349 e. The second-order valence-electron chi connectivity index (χ2n) is 7.89. The highest BCUT2D eigenvalue weighted by atomic mass is 16.2. The highest BCUT2D eigenvalue weighted by Crippen LogP contribution is 2.32. The molecule has 2 heterocycles. The van der Waals surface area contributed by atoms with Crippen molar-refractivity contribution in [3.05, 3.63) is 64.3 Å². The maximum Gasteiger partial charge on any atom is 0.326 e. The molecule has 3 N–H and O–H groups in total. The molecule has 1 amide bonds. The predicted molar refractivity (Wildman–Crippen MR) is 112 cm³/mol. The molecule has 2 atom stereocenters. The number of nitrogens with one attached hydrogen (secondary N) is 3. The minimum absolute atomic E-state index is 0.105. The molecule has 0 radical (unpaired) electrons. The minimum Gasteiger partial charge on any atom is -0.349 e. The lowest BCUT2D eigenvalue weighted by molar-refractivity contribution is 0.0925. The molecule has 1 aliphatic carbocycles. The number of aromatic amines is 2. The van der Waals surface area contributed by atoms with Crippen molar-refractivity contribution in [3.8, 4) is 0 Å². The van der Waals surface area contributed by atoms with Crippen LogP contribution >= 0.6 is 0 Å². The predicted octanol–water partition coefficient (Wildman–Crippen LogP) is 3.20. The van der Waals surface area contributed by atoms with E-state index in [2.05, 4.69) is 15.3 Å². The van der Waals surface area contributed by atoms with Gasteiger partial charge in [-0.3, -0.25) is 9.36 Å². The number of carbonyl (C=O) groups excluding carboxylic acids is 1. The van der Waals surface area contributed by atoms with E-state index in [4.69, 9.17) is 4.98 Å². The summed E-state index contributed by atoms with van der Waals surface area (Å²) >= 11 is 0. The lowest BCUT2D eigenvalue weighted by Crippen LogP contribution is -2.38. The van der Waals surface area contributed by atoms with Crippen molar-refractivity contribution in [2.75, 3.05) is 0 Å². The van der Waals surface area contributed by atoms with Gasteiger partial charge in [-0.1, -0.05) is 18.6 Å². The van der Waals surface area contributed by atoms with E-state index >= 15 is 0 Å². The molecule has 5 rings (SSSR count). The summed E-state index contributed by atoms with van der Waals surface area (Å²) in [5.74, 6) is 1.22. The highest BCUT2D eigenvalue weighted by Gasteiger charge is 2.27. The lowest BCUT2D eigenvalue weighted by Gasteiger charge is -2.28. The number of hydrogen-bond acceptors (Lipinski definition) is 3. The number of benzene rings is 2. The van der Waals surface area contributed by atoms with Crippen molar-refractivity contribution in [1.29, 1.82) is 0 Å². The molecule has 0 bridgehead atoms. The van der Waals surface area contributed by atoms with Crippen molar-refractivity contribution in [1.82, 2.24) is 24.8 Å². The Kier molecular flexibility index (Phi) is 4.23. The number of H-pyrrole nitrogens is 2. The van der Waals surface area contributed by atoms with E-state index < -0.39 is 0 Å². The van der Waals surface area contributed by atoms with E-state index in [1.54, 1.807) is 25.2 Å². The second kappa shape index (κ2) is 6.92. The third kappa shape index (κ3) is 3.22. The molecule has 0 saturated heterocycles. The van der Waals surface area contributed by atoms with Crippen LogP contribution in [0.2, 0.25) is 0 Å². The normalized spacial score (nSPS) is 19.6. The van der Waals surface area contributed by atoms with E-state index in [9.17, 15) is 9.59 Å². The van der Waals surface area contributed by atoms with Gasteiger partial charge in [0.25, 0.3) is 5.91 Å². The number of aryl methyl sites for hydroxylation is 1. The molecule has 2 aromatic heterocycles. The van der Waals surface area contributed by atoms with Gasteiger partial charge in [0, 0.05) is 24.6 Å². The molecule has 1 unspecified atom stereocenters. The van der Waals surface area contributed by atoms with Gasteiger partial charge in [-0.05, 0) is 49.6 Å². The third-order valence-electron chi connectivity index (χ3n) is 5.97. The first kappa shape index (κ1) is 17.7. The maximum absolute atomic E-state index is 12.8. The van der Waals surface area contributed by atoms with E-state index in [1.807, 2.05) is 24.3 Å². The molecule has 1 aliphatic rings. The minimum atomic E-state index is -0.182. The molecule has 148 valence electrons. The van der Waals surface area contributed by atoms with E-state index in [0.717, 1.165) is 48.1 Å². The first-order chi connectivity index (χ1) is 14.1. The zero-order chi connectivity index (χ0) is 20.0. The van der Waals surface area contributed by atoms with Crippen LogP contribution in [0, 0.1) is 0 Å². The van der Waals surface area contributed by atoms with Gasteiger partial charge in [0.15, 0.2) is 0 Å². The van der Waals surface area contributed by atoms with Gasteiger partial charge >= 0.3 is 5.69 Å². The number of aromatic nitrogens is 4. The average molecular weight is 389 g/mol. The van der Waals surface area contributed by atoms with Gasteiger partial charge in [-0.15, -0.1) is 0 Å². The number of carbonyl (C=O) groups is 1. The first-order valence-corrected chi connectivity index (χ1v) is 10.0. The van der Waals surface area contributed by atoms with E-state index in [1.165, 1.54) is 4.57 Å². The van der Waals surface area contributed by atoms with Crippen molar-refractivity contribution in [2.24, 2.45) is 7.05 Å². The van der Waals surface area contributed by atoms with Crippen LogP contribution in [0.5, 0.6) is 0 Å². The maximum atomic E-state index is 12.8. The van der Waals surface area contributed by atoms with Gasteiger partial charge < -0.3 is 15.3 Å². The Morgan fingerprint density at radius 2 is 2.00 bits per heavy atom. The summed E-state index contributed by atoms with van der Waals surface area (Å²) in [4.78, 5) is 35.5. The number of hydrogen-bond donors (Lipinski definition) is 3. The van der Waals surface area contributed by atoms with Crippen LogP contribution in [0.25, 0.3) is 22.1 Å². The van der Waals surface area contributed by atoms with Crippen LogP contribution in [0.1, 0.15) is 47.8 Å². The van der Waals surface area contributed by atoms with Crippen LogP contribution in [0.4, 0.5) is 0 Å². The number of amides is 1. The Balaban J connectivity index is 1.32. The van der Waals surface area contributed by atoms with E-state index in [0.29, 0.717) is 17.0 Å². The number of imidazole rings is 2. The summed E-state index contributed by atoms with van der Waals surface area (Å²) in [6.45, 7) is 0. The Morgan fingerprint density at radius 1 is 1.14 bits per heavy atom. The summed E-state index contributed by atoms with van der Waals surface area (Å²) in [6.07, 6.45) is 3.96. The Labute approximate surface area is 167 Å². The molecule has 7 nitrogen and oxygen atoms in total. The van der Waals surface area contributed by atoms with Crippen LogP contribution in [0.15, 0.2) is 47.3 Å². The van der Waals surface area contributed by atoms with Crippen molar-refractivity contribution in [3.63, 3.8) is 0 Å². The van der Waals surface area contributed by atoms with Gasteiger partial charge in [-0.25, -0.2) is 9.78 Å². The van der Waals surface area contributed by atoms with Crippen LogP contribution in [-0.4, -0.2) is 31.5 Å². The Hall–Kier alpha value is -3.35. The highest BCUT2D eigenvalue weighted by molar-refractivity contribution is 5.97. The third-order valence-corrected chi connectivity index (χ3v) is 5.97. The van der Waals surface area contributed by atoms with Crippen molar-refractivity contribution in [2.45, 2.75) is 37.6 Å². The van der Waals surface area contributed by atoms with Crippen LogP contribution in [-0.2, 0) is 7.05 Å². The van der Waals surface area contributed by atoms with Crippen molar-refractivity contribution < 1.29 is 4.79 Å². The van der Waals surface area contributed by atoms with Gasteiger partial charge in [0.1, 0.15) is 5.82 Å². The first-order valence-electron chi connectivity index (χ1n) is 10.0. The summed E-state index contributed by atoms with van der Waals surface area (Å²) in [7, 11) is 1.71. The Morgan fingerprint density at radius 3 is 2.86 bits per heavy atom. The molecule has 2 aromatic carbocycles. The zero-order valence-electron chi connectivity index (χ0n) is 16.2. The van der Waals surface area contributed by atoms with Gasteiger partial charge in [0.2, 0.25) is 0 Å². The molecule has 7 heteroatoms. The van der Waals surface area contributed by atoms with Gasteiger partial charge in [0.05, 0.1) is 22.1 Å². The average Bonchev–Trinajstić information content (AvgIpc) is 3.29. The SMILES string of the molecule is Cn1c(=O)[nH]c2cc(C(=O)NC3CCC[C@H](c4nc5ccccc5[nH]4)C3)ccc21. The standard InChI is InChI=1S/C22H23N5O2/c1-27-19-10-9-14(12-18(19)26-22(27)29)21(28)23-15-6-4-5-13(11-15)20-24-16-7-2-3-8-17(16)25-20/h2-3,7-10,12-13,15H,4-6,11H2,1H3,(H,23,28)(H,24,25)(H,26,29)/t13-,15?/m0/s1. The molecular weight excluding hydrogens is 366 g/mol. The molecule has 0 spiro atoms. The summed E-state index contributed by atoms with van der Waals surface area (Å²) in [5.41, 5.74) is 3.88. The number of rotatable bonds is 3. The van der Waals surface area contributed by atoms with Gasteiger partial charge in [-0.2, -0.15) is 0 Å². The second-order valence-corrected chi connectivity index (χ2v) is 7.89. The van der Waals surface area contributed by atoms with Crippen LogP contribution < -0.4 is 11.0 Å². The fraction of sp³-hybridized carbons (Fsp3) is 0.318. The zero-order valence-corrected chi connectivity index (χ0v) is 16.2. The topological polar surface area (TPSA) is 95.6 Å². The number of nitrogens with zero attached hydrogens (tertiary/aromatic N) is 2. The van der Waals surface area contributed by atoms with Crippen LogP contribution in [0.3, 0.4) is 0 Å². The number of para-hydroxylation sites is 2. The summed E-state index contributed by atoms with van der Waals surface area (Å²) in [5, 5.41) is 3.18. The van der Waals surface area contributed by atoms with E-state index in [-0.39, 0.29) is 17.6 Å². The molecular formula is C22H23N5O2. The molecule has 1 saturated carbocycles. The number of fused-ring (bicyclic) bond motifs is 2. The quantitative estimate of drug-likeness (QED) is 0.502. The lowest BCUT2D eigenvalue weighted by atomic mass is 9.85. The fourth-order valence-corrected chi connectivity index (χ4v) is 4.38. The summed E-state index contributed by atoms with van der Waals surface area (Å²) in [6, 6.07) is 13.5. The molecule has 29 heavy (non-hydrogen) atoms. The smallest absolute Gasteiger partial charge is 0.326 e. The molecule has 4 aromatic rings. The van der Waals surface area contributed by atoms with Crippen molar-refractivity contribution >= 4 is 28.0 Å². The Bertz CT molecular complexity index is 1230. The molecule has 1 fully saturated rings. The monoisotopic (exact) mass is 389 g/mol. The summed E-state index contributed by atoms with van der Waals surface area (Å²) < 4.78 is 1.54. The fourth-order valence-electron chi connectivity index (χ4n) is 4.38. The molecule has 0 aliphatic heterocycles.